The van der Waals surface area contributed by atoms with E-state index in [4.69, 9.17) is 9.31 Å². The molecule has 1 atom stereocenters. The predicted molar refractivity (Wildman–Crippen MR) is 110 cm³/mol. The smallest absolute Gasteiger partial charge is 0.399 e. The van der Waals surface area contributed by atoms with E-state index >= 15 is 0 Å². The van der Waals surface area contributed by atoms with Crippen LogP contribution < -0.4 is 10.4 Å². The van der Waals surface area contributed by atoms with Crippen LogP contribution in [0, 0.1) is 5.92 Å². The fourth-order valence-electron chi connectivity index (χ4n) is 3.54. The lowest BCUT2D eigenvalue weighted by Gasteiger charge is -2.32. The van der Waals surface area contributed by atoms with Gasteiger partial charge in [0.05, 0.1) is 17.5 Å². The monoisotopic (exact) mass is 394 g/mol. The van der Waals surface area contributed by atoms with E-state index in [-0.39, 0.29) is 18.3 Å². The highest BCUT2D eigenvalue weighted by Gasteiger charge is 2.51. The second kappa shape index (κ2) is 7.06. The molecule has 3 rings (SSSR count). The van der Waals surface area contributed by atoms with E-state index in [0.29, 0.717) is 12.5 Å². The minimum atomic E-state index is -3.12. The van der Waals surface area contributed by atoms with Crippen LogP contribution in [-0.4, -0.2) is 64.0 Å². The van der Waals surface area contributed by atoms with Crippen molar-refractivity contribution in [1.29, 1.82) is 0 Å². The van der Waals surface area contributed by atoms with E-state index < -0.39 is 10.0 Å². The van der Waals surface area contributed by atoms with Crippen molar-refractivity contribution in [3.05, 3.63) is 24.3 Å². The zero-order valence-corrected chi connectivity index (χ0v) is 18.0. The van der Waals surface area contributed by atoms with Crippen molar-refractivity contribution in [3.8, 4) is 0 Å². The number of benzene rings is 1. The lowest BCUT2D eigenvalue weighted by Crippen LogP contribution is -2.41. The first-order valence-electron chi connectivity index (χ1n) is 9.51. The molecule has 27 heavy (non-hydrogen) atoms. The van der Waals surface area contributed by atoms with Crippen LogP contribution in [0.1, 0.15) is 34.1 Å². The zero-order valence-electron chi connectivity index (χ0n) is 17.2. The molecule has 0 unspecified atom stereocenters. The standard InChI is InChI=1S/C19H31BN2O4S/c1-18(2)19(3,4)26-20(25-18)16-7-9-17(10-8-16)22-12-11-15(14-22)13-21(5)27(6,23)24/h7-10,15H,11-14H2,1-6H3/t15-/m0/s1. The van der Waals surface area contributed by atoms with Gasteiger partial charge in [0.25, 0.3) is 0 Å². The number of hydrogen-bond donors (Lipinski definition) is 0. The van der Waals surface area contributed by atoms with Crippen LogP contribution in [0.2, 0.25) is 0 Å². The molecule has 0 radical (unpaired) electrons. The summed E-state index contributed by atoms with van der Waals surface area (Å²) in [5.74, 6) is 0.354. The third-order valence-corrected chi connectivity index (χ3v) is 7.43. The molecule has 8 heteroatoms. The molecule has 1 aromatic carbocycles. The third-order valence-electron chi connectivity index (χ3n) is 6.15. The lowest BCUT2D eigenvalue weighted by molar-refractivity contribution is 0.00578. The van der Waals surface area contributed by atoms with Crippen molar-refractivity contribution in [2.24, 2.45) is 5.92 Å². The SMILES string of the molecule is CN(C[C@@H]1CCN(c2ccc(B3OC(C)(C)C(C)(C)O3)cc2)C1)S(C)(=O)=O. The average Bonchev–Trinajstić information content (AvgIpc) is 3.09. The molecule has 0 bridgehead atoms. The highest BCUT2D eigenvalue weighted by atomic mass is 32.2. The Morgan fingerprint density at radius 3 is 2.22 bits per heavy atom. The summed E-state index contributed by atoms with van der Waals surface area (Å²) in [6.07, 6.45) is 2.26. The summed E-state index contributed by atoms with van der Waals surface area (Å²) in [6, 6.07) is 8.33. The summed E-state index contributed by atoms with van der Waals surface area (Å²) >= 11 is 0. The first-order valence-corrected chi connectivity index (χ1v) is 11.4. The Balaban J connectivity index is 1.62. The van der Waals surface area contributed by atoms with E-state index in [0.717, 1.165) is 30.7 Å². The Hall–Kier alpha value is -1.09. The molecule has 6 nitrogen and oxygen atoms in total. The van der Waals surface area contributed by atoms with Crippen molar-refractivity contribution in [1.82, 2.24) is 4.31 Å². The quantitative estimate of drug-likeness (QED) is 0.712. The third kappa shape index (κ3) is 4.34. The highest BCUT2D eigenvalue weighted by molar-refractivity contribution is 7.88. The van der Waals surface area contributed by atoms with Gasteiger partial charge in [0, 0.05) is 32.4 Å². The molecule has 0 amide bonds. The van der Waals surface area contributed by atoms with Gasteiger partial charge in [-0.3, -0.25) is 0 Å². The first kappa shape index (κ1) is 20.6. The van der Waals surface area contributed by atoms with Crippen molar-refractivity contribution in [3.63, 3.8) is 0 Å². The minimum absolute atomic E-state index is 0.343. The summed E-state index contributed by atoms with van der Waals surface area (Å²) in [4.78, 5) is 2.31. The fourth-order valence-corrected chi connectivity index (χ4v) is 4.02. The predicted octanol–water partition coefficient (Wildman–Crippen LogP) is 1.70. The summed E-state index contributed by atoms with van der Waals surface area (Å²) in [6.45, 7) is 10.6. The molecule has 150 valence electrons. The van der Waals surface area contributed by atoms with Gasteiger partial charge in [-0.05, 0) is 57.6 Å². The van der Waals surface area contributed by atoms with Crippen molar-refractivity contribution in [2.75, 3.05) is 37.8 Å². The molecule has 0 saturated carbocycles. The Morgan fingerprint density at radius 1 is 1.15 bits per heavy atom. The van der Waals surface area contributed by atoms with Crippen LogP contribution in [0.3, 0.4) is 0 Å². The minimum Gasteiger partial charge on any atom is -0.399 e. The van der Waals surface area contributed by atoms with Crippen LogP contribution in [0.15, 0.2) is 24.3 Å². The summed E-state index contributed by atoms with van der Waals surface area (Å²) in [5.41, 5.74) is 1.48. The van der Waals surface area contributed by atoms with Gasteiger partial charge in [0.1, 0.15) is 0 Å². The lowest BCUT2D eigenvalue weighted by atomic mass is 9.79. The van der Waals surface area contributed by atoms with Crippen molar-refractivity contribution >= 4 is 28.3 Å². The summed E-state index contributed by atoms with van der Waals surface area (Å²) in [5, 5.41) is 0. The Labute approximate surface area is 164 Å². The van der Waals surface area contributed by atoms with Gasteiger partial charge in [0.2, 0.25) is 10.0 Å². The second-order valence-corrected chi connectivity index (χ2v) is 10.9. The zero-order chi connectivity index (χ0) is 20.0. The van der Waals surface area contributed by atoms with Gasteiger partial charge in [-0.2, -0.15) is 0 Å². The van der Waals surface area contributed by atoms with Crippen LogP contribution in [0.4, 0.5) is 5.69 Å². The molecule has 1 aromatic rings. The molecular formula is C19H31BN2O4S. The molecule has 2 aliphatic heterocycles. The van der Waals surface area contributed by atoms with E-state index in [2.05, 4.69) is 56.9 Å². The van der Waals surface area contributed by atoms with E-state index in [1.54, 1.807) is 7.05 Å². The van der Waals surface area contributed by atoms with E-state index in [1.807, 2.05) is 0 Å². The topological polar surface area (TPSA) is 59.1 Å². The van der Waals surface area contributed by atoms with Crippen LogP contribution in [-0.2, 0) is 19.3 Å². The normalized spacial score (nSPS) is 24.8. The van der Waals surface area contributed by atoms with Gasteiger partial charge in [-0.1, -0.05) is 12.1 Å². The van der Waals surface area contributed by atoms with Gasteiger partial charge < -0.3 is 14.2 Å². The Bertz CT molecular complexity index is 763. The number of rotatable bonds is 5. The van der Waals surface area contributed by atoms with Crippen LogP contribution in [0.25, 0.3) is 0 Å². The van der Waals surface area contributed by atoms with Gasteiger partial charge in [-0.25, -0.2) is 12.7 Å². The molecule has 2 aliphatic rings. The van der Waals surface area contributed by atoms with E-state index in [1.165, 1.54) is 10.6 Å². The molecule has 0 aromatic heterocycles. The second-order valence-electron chi connectivity index (χ2n) is 8.82. The molecule has 2 saturated heterocycles. The van der Waals surface area contributed by atoms with Gasteiger partial charge >= 0.3 is 7.12 Å². The maximum Gasteiger partial charge on any atom is 0.494 e. The van der Waals surface area contributed by atoms with Crippen molar-refractivity contribution in [2.45, 2.75) is 45.3 Å². The molecule has 2 fully saturated rings. The van der Waals surface area contributed by atoms with E-state index in [9.17, 15) is 8.42 Å². The molecule has 0 N–H and O–H groups in total. The first-order chi connectivity index (χ1) is 12.4. The maximum absolute atomic E-state index is 11.6. The molecule has 0 spiro atoms. The Kier molecular flexibility index (Phi) is 5.40. The number of hydrogen-bond acceptors (Lipinski definition) is 5. The van der Waals surface area contributed by atoms with Gasteiger partial charge in [0.15, 0.2) is 0 Å². The average molecular weight is 394 g/mol. The largest absolute Gasteiger partial charge is 0.494 e. The number of sulfonamides is 1. The number of nitrogens with zero attached hydrogens (tertiary/aromatic N) is 2. The maximum atomic E-state index is 11.6. The number of anilines is 1. The van der Waals surface area contributed by atoms with Gasteiger partial charge in [-0.15, -0.1) is 0 Å². The summed E-state index contributed by atoms with van der Waals surface area (Å²) in [7, 11) is -1.82. The summed E-state index contributed by atoms with van der Waals surface area (Å²) < 4.78 is 36.9. The highest BCUT2D eigenvalue weighted by Crippen LogP contribution is 2.36. The molecule has 2 heterocycles. The fraction of sp³-hybridized carbons (Fsp3) is 0.684. The molecule has 0 aliphatic carbocycles. The van der Waals surface area contributed by atoms with Crippen LogP contribution in [0.5, 0.6) is 0 Å². The van der Waals surface area contributed by atoms with Crippen LogP contribution >= 0.6 is 0 Å². The molecular weight excluding hydrogens is 363 g/mol. The Morgan fingerprint density at radius 2 is 1.70 bits per heavy atom. The van der Waals surface area contributed by atoms with Crippen molar-refractivity contribution < 1.29 is 17.7 Å².